The molecule has 3 aromatic rings. The van der Waals surface area contributed by atoms with Crippen molar-refractivity contribution in [1.29, 1.82) is 0 Å². The van der Waals surface area contributed by atoms with Gasteiger partial charge in [0.2, 0.25) is 0 Å². The molecule has 1 aromatic carbocycles. The molecule has 36 heavy (non-hydrogen) atoms. The minimum atomic E-state index is -3.33. The van der Waals surface area contributed by atoms with E-state index in [0.29, 0.717) is 16.5 Å². The van der Waals surface area contributed by atoms with E-state index in [4.69, 9.17) is 9.05 Å². The SMILES string of the molecule is CCOP(=O)(Cc1csc(NC(=O)c2cc(C(C)(C)C)n(-c3ccc(S(C)(=O)=O)cc3)n2)n1)OCC. The van der Waals surface area contributed by atoms with Gasteiger partial charge in [0.05, 0.1) is 41.3 Å². The molecule has 0 unspecified atom stereocenters. The van der Waals surface area contributed by atoms with Crippen LogP contribution in [0.1, 0.15) is 56.5 Å². The summed E-state index contributed by atoms with van der Waals surface area (Å²) < 4.78 is 48.6. The average molecular weight is 555 g/mol. The fraction of sp³-hybridized carbons (Fsp3) is 0.435. The Bertz CT molecular complexity index is 1360. The van der Waals surface area contributed by atoms with Crippen molar-refractivity contribution in [2.24, 2.45) is 0 Å². The molecule has 1 amide bonds. The first-order valence-corrected chi connectivity index (χ1v) is 15.8. The number of nitrogens with one attached hydrogen (secondary N) is 1. The lowest BCUT2D eigenvalue weighted by Crippen LogP contribution is -2.17. The third kappa shape index (κ3) is 6.89. The second-order valence-corrected chi connectivity index (χ2v) is 14.0. The molecule has 0 bridgehead atoms. The largest absolute Gasteiger partial charge is 0.336 e. The average Bonchev–Trinajstić information content (AvgIpc) is 3.40. The first-order chi connectivity index (χ1) is 16.8. The first kappa shape index (κ1) is 28.2. The second-order valence-electron chi connectivity index (χ2n) is 9.05. The number of aromatic nitrogens is 3. The quantitative estimate of drug-likeness (QED) is 0.345. The Morgan fingerprint density at radius 3 is 2.28 bits per heavy atom. The van der Waals surface area contributed by atoms with E-state index in [1.54, 1.807) is 42.1 Å². The standard InChI is InChI=1S/C23H31N4O6PS2/c1-7-32-34(29,33-8-2)14-16-15-35-22(24-16)25-21(28)19-13-20(23(3,4)5)27(26-19)17-9-11-18(12-10-17)36(6,30)31/h9-13,15H,7-8,14H2,1-6H3,(H,24,25,28). The van der Waals surface area contributed by atoms with E-state index in [1.165, 1.54) is 23.5 Å². The van der Waals surface area contributed by atoms with Gasteiger partial charge >= 0.3 is 7.60 Å². The summed E-state index contributed by atoms with van der Waals surface area (Å²) in [6.07, 6.45) is 1.16. The van der Waals surface area contributed by atoms with Crippen molar-refractivity contribution in [2.75, 3.05) is 24.8 Å². The molecule has 0 fully saturated rings. The van der Waals surface area contributed by atoms with Gasteiger partial charge in [0.25, 0.3) is 5.91 Å². The molecule has 0 saturated heterocycles. The van der Waals surface area contributed by atoms with Crippen LogP contribution in [-0.2, 0) is 35.0 Å². The molecule has 0 aliphatic carbocycles. The summed E-state index contributed by atoms with van der Waals surface area (Å²) >= 11 is 1.20. The van der Waals surface area contributed by atoms with Crippen molar-refractivity contribution in [2.45, 2.75) is 51.1 Å². The van der Waals surface area contributed by atoms with E-state index in [9.17, 15) is 17.8 Å². The Morgan fingerprint density at radius 1 is 1.14 bits per heavy atom. The Balaban J connectivity index is 1.85. The van der Waals surface area contributed by atoms with Crippen LogP contribution in [-0.4, -0.2) is 48.6 Å². The molecule has 0 atom stereocenters. The predicted molar refractivity (Wildman–Crippen MR) is 140 cm³/mol. The smallest absolute Gasteiger partial charge is 0.309 e. The van der Waals surface area contributed by atoms with Crippen molar-refractivity contribution in [3.8, 4) is 5.69 Å². The van der Waals surface area contributed by atoms with Crippen LogP contribution in [0.5, 0.6) is 0 Å². The number of carbonyl (C=O) groups is 1. The second kappa shape index (κ2) is 10.9. The third-order valence-corrected chi connectivity index (χ3v) is 8.95. The van der Waals surface area contributed by atoms with E-state index in [1.807, 2.05) is 20.8 Å². The lowest BCUT2D eigenvalue weighted by molar-refractivity contribution is 0.102. The lowest BCUT2D eigenvalue weighted by atomic mass is 9.91. The highest BCUT2D eigenvalue weighted by Crippen LogP contribution is 2.51. The van der Waals surface area contributed by atoms with Crippen molar-refractivity contribution in [1.82, 2.24) is 14.8 Å². The number of hydrogen-bond donors (Lipinski definition) is 1. The van der Waals surface area contributed by atoms with Gasteiger partial charge in [-0.25, -0.2) is 18.1 Å². The van der Waals surface area contributed by atoms with E-state index in [-0.39, 0.29) is 35.4 Å². The number of rotatable bonds is 10. The zero-order chi connectivity index (χ0) is 26.7. The zero-order valence-electron chi connectivity index (χ0n) is 21.1. The molecule has 1 N–H and O–H groups in total. The van der Waals surface area contributed by atoms with Crippen molar-refractivity contribution < 1.29 is 26.8 Å². The molecule has 10 nitrogen and oxygen atoms in total. The predicted octanol–water partition coefficient (Wildman–Crippen LogP) is 5.05. The molecule has 196 valence electrons. The highest BCUT2D eigenvalue weighted by Gasteiger charge is 2.27. The molecule has 0 saturated carbocycles. The summed E-state index contributed by atoms with van der Waals surface area (Å²) in [6, 6.07) is 8.04. The van der Waals surface area contributed by atoms with Gasteiger partial charge in [0.1, 0.15) is 0 Å². The fourth-order valence-corrected chi connectivity index (χ4v) is 6.44. The van der Waals surface area contributed by atoms with Crippen molar-refractivity contribution in [3.05, 3.63) is 52.8 Å². The molecule has 2 heterocycles. The van der Waals surface area contributed by atoms with Crippen molar-refractivity contribution >= 4 is 39.8 Å². The number of benzene rings is 1. The molecular formula is C23H31N4O6PS2. The maximum atomic E-state index is 13.0. The molecule has 0 aliphatic rings. The molecule has 2 aromatic heterocycles. The van der Waals surface area contributed by atoms with Crippen molar-refractivity contribution in [3.63, 3.8) is 0 Å². The van der Waals surface area contributed by atoms with Crippen LogP contribution in [0.2, 0.25) is 0 Å². The van der Waals surface area contributed by atoms with Gasteiger partial charge in [-0.1, -0.05) is 20.8 Å². The van der Waals surface area contributed by atoms with Crippen LogP contribution < -0.4 is 5.32 Å². The zero-order valence-corrected chi connectivity index (χ0v) is 23.7. The number of sulfone groups is 1. The summed E-state index contributed by atoms with van der Waals surface area (Å²) in [5.41, 5.74) is 1.72. The number of hydrogen-bond acceptors (Lipinski definition) is 9. The molecule has 0 aliphatic heterocycles. The Labute approximate surface area is 215 Å². The lowest BCUT2D eigenvalue weighted by Gasteiger charge is -2.20. The van der Waals surface area contributed by atoms with Crippen LogP contribution in [0.3, 0.4) is 0 Å². The number of anilines is 1. The molecule has 0 radical (unpaired) electrons. The van der Waals surface area contributed by atoms with Gasteiger partial charge in [-0.05, 0) is 44.2 Å². The minimum absolute atomic E-state index is 0.00727. The minimum Gasteiger partial charge on any atom is -0.309 e. The molecule has 13 heteroatoms. The number of nitrogens with zero attached hydrogens (tertiary/aromatic N) is 3. The van der Waals surface area contributed by atoms with Crippen LogP contribution >= 0.6 is 18.9 Å². The monoisotopic (exact) mass is 554 g/mol. The summed E-state index contributed by atoms with van der Waals surface area (Å²) in [4.78, 5) is 17.6. The topological polar surface area (TPSA) is 129 Å². The van der Waals surface area contributed by atoms with Gasteiger partial charge in [-0.15, -0.1) is 11.3 Å². The maximum Gasteiger partial charge on any atom is 0.336 e. The number of thiazole rings is 1. The van der Waals surface area contributed by atoms with Crippen LogP contribution in [0.25, 0.3) is 5.69 Å². The fourth-order valence-electron chi connectivity index (χ4n) is 3.38. The first-order valence-electron chi connectivity index (χ1n) is 11.3. The van der Waals surface area contributed by atoms with Crippen LogP contribution in [0, 0.1) is 0 Å². The molecule has 3 rings (SSSR count). The number of amides is 1. The summed E-state index contributed by atoms with van der Waals surface area (Å²) in [6.45, 7) is 9.97. The van der Waals surface area contributed by atoms with Gasteiger partial charge in [0, 0.05) is 17.1 Å². The van der Waals surface area contributed by atoms with Gasteiger partial charge in [0.15, 0.2) is 20.7 Å². The van der Waals surface area contributed by atoms with Gasteiger partial charge < -0.3 is 9.05 Å². The van der Waals surface area contributed by atoms with E-state index >= 15 is 0 Å². The maximum absolute atomic E-state index is 13.0. The Hall–Kier alpha value is -2.37. The summed E-state index contributed by atoms with van der Waals surface area (Å²) in [5.74, 6) is -0.453. The molecule has 0 spiro atoms. The van der Waals surface area contributed by atoms with Gasteiger partial charge in [-0.3, -0.25) is 14.7 Å². The normalized spacial score (nSPS) is 12.6. The Morgan fingerprint density at radius 2 is 1.75 bits per heavy atom. The highest BCUT2D eigenvalue weighted by molar-refractivity contribution is 7.90. The summed E-state index contributed by atoms with van der Waals surface area (Å²) in [5, 5.41) is 9.27. The summed E-state index contributed by atoms with van der Waals surface area (Å²) in [7, 11) is -6.64. The highest BCUT2D eigenvalue weighted by atomic mass is 32.2. The van der Waals surface area contributed by atoms with E-state index < -0.39 is 23.3 Å². The third-order valence-electron chi connectivity index (χ3n) is 5.00. The number of carbonyl (C=O) groups excluding carboxylic acids is 1. The van der Waals surface area contributed by atoms with Crippen LogP contribution in [0.4, 0.5) is 5.13 Å². The van der Waals surface area contributed by atoms with E-state index in [0.717, 1.165) is 11.9 Å². The van der Waals surface area contributed by atoms with Gasteiger partial charge in [-0.2, -0.15) is 5.10 Å². The Kier molecular flexibility index (Phi) is 8.57. The van der Waals surface area contributed by atoms with Crippen LogP contribution in [0.15, 0.2) is 40.6 Å². The molecular weight excluding hydrogens is 523 g/mol. The van der Waals surface area contributed by atoms with E-state index in [2.05, 4.69) is 15.4 Å².